The third-order valence-corrected chi connectivity index (χ3v) is 5.80. The van der Waals surface area contributed by atoms with Crippen LogP contribution in [0.1, 0.15) is 30.4 Å². The van der Waals surface area contributed by atoms with Crippen LogP contribution < -0.4 is 5.73 Å². The number of ether oxygens (including phenoxy) is 2. The highest BCUT2D eigenvalue weighted by molar-refractivity contribution is 8.00. The van der Waals surface area contributed by atoms with Crippen molar-refractivity contribution in [2.24, 2.45) is 5.73 Å². The lowest BCUT2D eigenvalue weighted by Crippen LogP contribution is -2.47. The Labute approximate surface area is 125 Å². The van der Waals surface area contributed by atoms with Crippen LogP contribution in [0, 0.1) is 13.8 Å². The Morgan fingerprint density at radius 1 is 1.25 bits per heavy atom. The SMILES string of the molecule is Cc1ccc(C)c(SC2CC3(CCC2N)OCCO3)c1. The van der Waals surface area contributed by atoms with Gasteiger partial charge in [-0.1, -0.05) is 17.7 Å². The lowest BCUT2D eigenvalue weighted by atomic mass is 9.90. The van der Waals surface area contributed by atoms with Crippen LogP contribution >= 0.6 is 11.8 Å². The summed E-state index contributed by atoms with van der Waals surface area (Å²) in [6.45, 7) is 5.73. The average Bonchev–Trinajstić information content (AvgIpc) is 2.87. The minimum absolute atomic E-state index is 0.221. The van der Waals surface area contributed by atoms with Crippen molar-refractivity contribution < 1.29 is 9.47 Å². The quantitative estimate of drug-likeness (QED) is 0.910. The number of thioether (sulfide) groups is 1. The summed E-state index contributed by atoms with van der Waals surface area (Å²) in [6, 6.07) is 6.82. The van der Waals surface area contributed by atoms with Crippen LogP contribution in [-0.4, -0.2) is 30.3 Å². The van der Waals surface area contributed by atoms with E-state index in [9.17, 15) is 0 Å². The van der Waals surface area contributed by atoms with Gasteiger partial charge in [-0.2, -0.15) is 0 Å². The second-order valence-corrected chi connectivity index (χ2v) is 7.22. The number of nitrogens with two attached hydrogens (primary N) is 1. The van der Waals surface area contributed by atoms with E-state index in [1.165, 1.54) is 16.0 Å². The highest BCUT2D eigenvalue weighted by Gasteiger charge is 2.44. The molecular formula is C16H23NO2S. The molecule has 2 aliphatic rings. The van der Waals surface area contributed by atoms with Gasteiger partial charge in [0.25, 0.3) is 0 Å². The van der Waals surface area contributed by atoms with Crippen LogP contribution in [0.3, 0.4) is 0 Å². The van der Waals surface area contributed by atoms with E-state index < -0.39 is 0 Å². The van der Waals surface area contributed by atoms with Gasteiger partial charge < -0.3 is 15.2 Å². The smallest absolute Gasteiger partial charge is 0.169 e. The Bertz CT molecular complexity index is 485. The molecule has 1 saturated carbocycles. The molecule has 0 amide bonds. The van der Waals surface area contributed by atoms with Gasteiger partial charge in [-0.05, 0) is 31.9 Å². The maximum Gasteiger partial charge on any atom is 0.169 e. The molecule has 0 aromatic heterocycles. The second kappa shape index (κ2) is 5.68. The average molecular weight is 293 g/mol. The summed E-state index contributed by atoms with van der Waals surface area (Å²) >= 11 is 1.89. The Balaban J connectivity index is 1.76. The van der Waals surface area contributed by atoms with Gasteiger partial charge in [0.1, 0.15) is 0 Å². The number of aryl methyl sites for hydroxylation is 2. The predicted octanol–water partition coefficient (Wildman–Crippen LogP) is 3.02. The van der Waals surface area contributed by atoms with Gasteiger partial charge in [0.05, 0.1) is 13.2 Å². The van der Waals surface area contributed by atoms with E-state index in [2.05, 4.69) is 32.0 Å². The number of hydrogen-bond donors (Lipinski definition) is 1. The molecule has 2 atom stereocenters. The van der Waals surface area contributed by atoms with E-state index in [4.69, 9.17) is 15.2 Å². The largest absolute Gasteiger partial charge is 0.347 e. The van der Waals surface area contributed by atoms with Crippen molar-refractivity contribution >= 4 is 11.8 Å². The molecule has 1 aromatic rings. The highest BCUT2D eigenvalue weighted by atomic mass is 32.2. The second-order valence-electron chi connectivity index (χ2n) is 5.94. The first-order valence-corrected chi connectivity index (χ1v) is 8.23. The number of hydrogen-bond acceptors (Lipinski definition) is 4. The summed E-state index contributed by atoms with van der Waals surface area (Å²) in [4.78, 5) is 1.33. The summed E-state index contributed by atoms with van der Waals surface area (Å²) in [5, 5.41) is 0.363. The van der Waals surface area contributed by atoms with Crippen molar-refractivity contribution in [1.82, 2.24) is 0 Å². The number of rotatable bonds is 2. The summed E-state index contributed by atoms with van der Waals surface area (Å²) < 4.78 is 11.7. The predicted molar refractivity (Wildman–Crippen MR) is 82.0 cm³/mol. The van der Waals surface area contributed by atoms with Crippen molar-refractivity contribution in [2.45, 2.75) is 55.1 Å². The molecule has 1 heterocycles. The molecule has 1 saturated heterocycles. The minimum Gasteiger partial charge on any atom is -0.347 e. The monoisotopic (exact) mass is 293 g/mol. The molecule has 2 unspecified atom stereocenters. The van der Waals surface area contributed by atoms with Crippen LogP contribution in [0.5, 0.6) is 0 Å². The Morgan fingerprint density at radius 3 is 2.75 bits per heavy atom. The molecule has 3 rings (SSSR count). The molecule has 20 heavy (non-hydrogen) atoms. The standard InChI is InChI=1S/C16H23NO2S/c1-11-3-4-12(2)14(9-11)20-15-10-16(6-5-13(15)17)18-7-8-19-16/h3-4,9,13,15H,5-8,10,17H2,1-2H3. The maximum absolute atomic E-state index is 6.33. The summed E-state index contributed by atoms with van der Waals surface area (Å²) in [5.41, 5.74) is 8.95. The molecule has 1 spiro atoms. The first kappa shape index (κ1) is 14.4. The molecule has 0 radical (unpaired) electrons. The van der Waals surface area contributed by atoms with E-state index in [1.54, 1.807) is 0 Å². The fourth-order valence-corrected chi connectivity index (χ4v) is 4.50. The molecule has 3 nitrogen and oxygen atoms in total. The topological polar surface area (TPSA) is 44.5 Å². The fraction of sp³-hybridized carbons (Fsp3) is 0.625. The lowest BCUT2D eigenvalue weighted by molar-refractivity contribution is -0.176. The van der Waals surface area contributed by atoms with Gasteiger partial charge in [-0.25, -0.2) is 0 Å². The van der Waals surface area contributed by atoms with Crippen LogP contribution in [0.15, 0.2) is 23.1 Å². The summed E-state index contributed by atoms with van der Waals surface area (Å²) in [5.74, 6) is -0.356. The van der Waals surface area contributed by atoms with Gasteiger partial charge in [-0.15, -0.1) is 11.8 Å². The third kappa shape index (κ3) is 2.89. The molecule has 2 N–H and O–H groups in total. The van der Waals surface area contributed by atoms with Crippen molar-refractivity contribution in [3.05, 3.63) is 29.3 Å². The van der Waals surface area contributed by atoms with Gasteiger partial charge in [0.15, 0.2) is 5.79 Å². The Kier molecular flexibility index (Phi) is 4.09. The minimum atomic E-state index is -0.356. The van der Waals surface area contributed by atoms with Gasteiger partial charge in [0, 0.05) is 29.0 Å². The molecular weight excluding hydrogens is 270 g/mol. The third-order valence-electron chi connectivity index (χ3n) is 4.28. The van der Waals surface area contributed by atoms with E-state index >= 15 is 0 Å². The zero-order valence-electron chi connectivity index (χ0n) is 12.2. The summed E-state index contributed by atoms with van der Waals surface area (Å²) in [6.07, 6.45) is 2.80. The molecule has 110 valence electrons. The van der Waals surface area contributed by atoms with Gasteiger partial charge in [-0.3, -0.25) is 0 Å². The number of benzene rings is 1. The van der Waals surface area contributed by atoms with Crippen molar-refractivity contribution in [1.29, 1.82) is 0 Å². The molecule has 4 heteroatoms. The first-order valence-electron chi connectivity index (χ1n) is 7.35. The Hall–Kier alpha value is -0.550. The van der Waals surface area contributed by atoms with Crippen LogP contribution in [0.2, 0.25) is 0 Å². The maximum atomic E-state index is 6.33. The molecule has 1 aromatic carbocycles. The highest BCUT2D eigenvalue weighted by Crippen LogP contribution is 2.42. The zero-order chi connectivity index (χ0) is 14.2. The van der Waals surface area contributed by atoms with Gasteiger partial charge >= 0.3 is 0 Å². The van der Waals surface area contributed by atoms with E-state index in [0.717, 1.165) is 32.5 Å². The van der Waals surface area contributed by atoms with Crippen molar-refractivity contribution in [3.8, 4) is 0 Å². The van der Waals surface area contributed by atoms with Crippen LogP contribution in [0.25, 0.3) is 0 Å². The van der Waals surface area contributed by atoms with Gasteiger partial charge in [0.2, 0.25) is 0 Å². The zero-order valence-corrected chi connectivity index (χ0v) is 13.0. The van der Waals surface area contributed by atoms with E-state index in [-0.39, 0.29) is 11.8 Å². The molecule has 1 aliphatic carbocycles. The lowest BCUT2D eigenvalue weighted by Gasteiger charge is -2.39. The Morgan fingerprint density at radius 2 is 2.00 bits per heavy atom. The van der Waals surface area contributed by atoms with Crippen LogP contribution in [-0.2, 0) is 9.47 Å². The first-order chi connectivity index (χ1) is 9.58. The van der Waals surface area contributed by atoms with Crippen molar-refractivity contribution in [3.63, 3.8) is 0 Å². The molecule has 1 aliphatic heterocycles. The van der Waals surface area contributed by atoms with Crippen LogP contribution in [0.4, 0.5) is 0 Å². The normalized spacial score (nSPS) is 28.9. The van der Waals surface area contributed by atoms with E-state index in [0.29, 0.717) is 5.25 Å². The van der Waals surface area contributed by atoms with Crippen molar-refractivity contribution in [2.75, 3.05) is 13.2 Å². The fourth-order valence-electron chi connectivity index (χ4n) is 3.02. The molecule has 2 fully saturated rings. The van der Waals surface area contributed by atoms with E-state index in [1.807, 2.05) is 11.8 Å². The summed E-state index contributed by atoms with van der Waals surface area (Å²) in [7, 11) is 0. The molecule has 0 bridgehead atoms.